The quantitative estimate of drug-likeness (QED) is 0.841. The van der Waals surface area contributed by atoms with Gasteiger partial charge in [-0.3, -0.25) is 4.79 Å². The third kappa shape index (κ3) is 1.97. The number of methoxy groups -OCH3 is 2. The van der Waals surface area contributed by atoms with E-state index in [2.05, 4.69) is 18.0 Å². The number of ketones is 1. The number of likely N-dealkylation sites (tertiary alicyclic amines) is 1. The summed E-state index contributed by atoms with van der Waals surface area (Å²) in [5, 5.41) is 0. The molecule has 2 fully saturated rings. The van der Waals surface area contributed by atoms with Gasteiger partial charge in [0.1, 0.15) is 5.78 Å². The zero-order chi connectivity index (χ0) is 16.2. The number of carbonyl (C=O) groups excluding carboxylic acids is 1. The zero-order valence-corrected chi connectivity index (χ0v) is 14.2. The first-order valence-corrected chi connectivity index (χ1v) is 8.57. The molecule has 1 aliphatic heterocycles. The normalized spacial score (nSPS) is 32.9. The second-order valence-electron chi connectivity index (χ2n) is 7.34. The Morgan fingerprint density at radius 1 is 1.17 bits per heavy atom. The lowest BCUT2D eigenvalue weighted by Crippen LogP contribution is -2.60. The Bertz CT molecular complexity index is 656. The van der Waals surface area contributed by atoms with Crippen molar-refractivity contribution in [3.63, 3.8) is 0 Å². The van der Waals surface area contributed by atoms with Crippen molar-refractivity contribution >= 4 is 5.78 Å². The van der Waals surface area contributed by atoms with Crippen LogP contribution in [0.5, 0.6) is 11.5 Å². The van der Waals surface area contributed by atoms with Gasteiger partial charge in [0.25, 0.3) is 0 Å². The first-order chi connectivity index (χ1) is 11.1. The van der Waals surface area contributed by atoms with Crippen LogP contribution in [0.25, 0.3) is 0 Å². The van der Waals surface area contributed by atoms with E-state index in [1.165, 1.54) is 11.1 Å². The fourth-order valence-electron chi connectivity index (χ4n) is 5.40. The molecule has 2 bridgehead atoms. The van der Waals surface area contributed by atoms with E-state index >= 15 is 0 Å². The first-order valence-electron chi connectivity index (χ1n) is 8.57. The second kappa shape index (κ2) is 5.23. The van der Waals surface area contributed by atoms with Crippen molar-refractivity contribution in [3.05, 3.63) is 23.3 Å². The molecule has 1 heterocycles. The van der Waals surface area contributed by atoms with Crippen molar-refractivity contribution in [2.75, 3.05) is 27.8 Å². The monoisotopic (exact) mass is 315 g/mol. The molecule has 3 atom stereocenters. The van der Waals surface area contributed by atoms with Crippen LogP contribution >= 0.6 is 0 Å². The summed E-state index contributed by atoms with van der Waals surface area (Å²) in [6.07, 6.45) is 4.49. The van der Waals surface area contributed by atoms with Crippen LogP contribution in [0, 0.1) is 5.92 Å². The summed E-state index contributed by atoms with van der Waals surface area (Å²) in [7, 11) is 5.64. The summed E-state index contributed by atoms with van der Waals surface area (Å²) in [6.45, 7) is 1.09. The van der Waals surface area contributed by atoms with Crippen LogP contribution in [0.3, 0.4) is 0 Å². The fourth-order valence-corrected chi connectivity index (χ4v) is 5.40. The number of carbonyl (C=O) groups is 1. The minimum Gasteiger partial charge on any atom is -0.493 e. The highest BCUT2D eigenvalue weighted by molar-refractivity contribution is 5.81. The lowest BCUT2D eigenvalue weighted by Gasteiger charge is -2.58. The lowest BCUT2D eigenvalue weighted by molar-refractivity contribution is -0.127. The number of rotatable bonds is 2. The van der Waals surface area contributed by atoms with Crippen molar-refractivity contribution in [2.24, 2.45) is 5.92 Å². The van der Waals surface area contributed by atoms with Crippen LogP contribution in [0.4, 0.5) is 0 Å². The summed E-state index contributed by atoms with van der Waals surface area (Å²) >= 11 is 0. The van der Waals surface area contributed by atoms with E-state index in [1.807, 2.05) is 6.07 Å². The molecule has 4 heteroatoms. The first kappa shape index (κ1) is 15.0. The predicted molar refractivity (Wildman–Crippen MR) is 88.3 cm³/mol. The highest BCUT2D eigenvalue weighted by Gasteiger charge is 2.56. The average molecular weight is 315 g/mol. The predicted octanol–water partition coefficient (Wildman–Crippen LogP) is 2.57. The molecule has 2 aliphatic carbocycles. The van der Waals surface area contributed by atoms with Crippen molar-refractivity contribution < 1.29 is 14.3 Å². The van der Waals surface area contributed by atoms with Gasteiger partial charge in [-0.05, 0) is 50.4 Å². The Morgan fingerprint density at radius 3 is 2.74 bits per heavy atom. The fraction of sp³-hybridized carbons (Fsp3) is 0.632. The summed E-state index contributed by atoms with van der Waals surface area (Å²) in [6, 6.07) is 4.70. The van der Waals surface area contributed by atoms with Gasteiger partial charge in [0.05, 0.1) is 14.2 Å². The standard InChI is InChI=1S/C19H25NO3/c1-20-9-8-19-7-6-13(21)11-14(19)15(20)10-12-4-5-16(22-2)18(23-3)17(12)19/h4-5,14-15H,6-11H2,1-3H3/t14?,15-,19-/m1/s1. The molecule has 0 N–H and O–H groups in total. The molecule has 1 aromatic carbocycles. The molecule has 0 radical (unpaired) electrons. The summed E-state index contributed by atoms with van der Waals surface area (Å²) in [5.41, 5.74) is 2.80. The molecule has 4 rings (SSSR count). The number of hydrogen-bond donors (Lipinski definition) is 0. The van der Waals surface area contributed by atoms with E-state index < -0.39 is 0 Å². The van der Waals surface area contributed by atoms with Gasteiger partial charge in [-0.2, -0.15) is 0 Å². The zero-order valence-electron chi connectivity index (χ0n) is 14.2. The van der Waals surface area contributed by atoms with E-state index in [0.29, 0.717) is 24.2 Å². The van der Waals surface area contributed by atoms with E-state index in [4.69, 9.17) is 9.47 Å². The number of ether oxygens (including phenoxy) is 2. The van der Waals surface area contributed by atoms with E-state index in [0.717, 1.165) is 43.7 Å². The topological polar surface area (TPSA) is 38.8 Å². The maximum Gasteiger partial charge on any atom is 0.164 e. The SMILES string of the molecule is COc1ccc2c(c1OC)[C@@]13CCC(=O)CC1[C@@H](C2)N(C)CC3. The van der Waals surface area contributed by atoms with Crippen LogP contribution in [0.2, 0.25) is 0 Å². The molecular weight excluding hydrogens is 290 g/mol. The summed E-state index contributed by atoms with van der Waals surface area (Å²) in [4.78, 5) is 14.6. The van der Waals surface area contributed by atoms with Crippen molar-refractivity contribution in [1.82, 2.24) is 4.90 Å². The molecule has 1 saturated carbocycles. The van der Waals surface area contributed by atoms with Crippen LogP contribution in [-0.2, 0) is 16.6 Å². The van der Waals surface area contributed by atoms with Gasteiger partial charge in [-0.1, -0.05) is 6.07 Å². The van der Waals surface area contributed by atoms with Gasteiger partial charge < -0.3 is 14.4 Å². The molecule has 1 aromatic rings. The summed E-state index contributed by atoms with van der Waals surface area (Å²) < 4.78 is 11.4. The maximum atomic E-state index is 12.2. The third-order valence-electron chi connectivity index (χ3n) is 6.51. The average Bonchev–Trinajstić information content (AvgIpc) is 2.57. The molecule has 0 amide bonds. The Labute approximate surface area is 137 Å². The molecule has 4 nitrogen and oxygen atoms in total. The van der Waals surface area contributed by atoms with Crippen LogP contribution in [0.1, 0.15) is 36.8 Å². The Morgan fingerprint density at radius 2 is 2.00 bits per heavy atom. The van der Waals surface area contributed by atoms with Crippen LogP contribution < -0.4 is 9.47 Å². The number of hydrogen-bond acceptors (Lipinski definition) is 4. The molecule has 23 heavy (non-hydrogen) atoms. The molecule has 3 aliphatic rings. The van der Waals surface area contributed by atoms with Gasteiger partial charge in [0.2, 0.25) is 0 Å². The van der Waals surface area contributed by atoms with Gasteiger partial charge in [0, 0.05) is 29.9 Å². The van der Waals surface area contributed by atoms with E-state index in [-0.39, 0.29) is 5.41 Å². The van der Waals surface area contributed by atoms with E-state index in [1.54, 1.807) is 14.2 Å². The Hall–Kier alpha value is -1.55. The highest BCUT2D eigenvalue weighted by Crippen LogP contribution is 2.58. The number of fused-ring (bicyclic) bond motifs is 1. The van der Waals surface area contributed by atoms with Crippen LogP contribution in [0.15, 0.2) is 12.1 Å². The largest absolute Gasteiger partial charge is 0.493 e. The Kier molecular flexibility index (Phi) is 3.41. The van der Waals surface area contributed by atoms with Gasteiger partial charge >= 0.3 is 0 Å². The molecule has 1 saturated heterocycles. The Balaban J connectivity index is 1.95. The minimum atomic E-state index is 0.0819. The van der Waals surface area contributed by atoms with Crippen molar-refractivity contribution in [3.8, 4) is 11.5 Å². The second-order valence-corrected chi connectivity index (χ2v) is 7.34. The minimum absolute atomic E-state index is 0.0819. The smallest absolute Gasteiger partial charge is 0.164 e. The van der Waals surface area contributed by atoms with Gasteiger partial charge in [-0.15, -0.1) is 0 Å². The van der Waals surface area contributed by atoms with Crippen molar-refractivity contribution in [1.29, 1.82) is 0 Å². The maximum absolute atomic E-state index is 12.2. The molecular formula is C19H25NO3. The van der Waals surface area contributed by atoms with Crippen molar-refractivity contribution in [2.45, 2.75) is 43.6 Å². The molecule has 124 valence electrons. The highest BCUT2D eigenvalue weighted by atomic mass is 16.5. The number of piperidine rings is 1. The summed E-state index contributed by atoms with van der Waals surface area (Å²) in [5.74, 6) is 2.55. The third-order valence-corrected chi connectivity index (χ3v) is 6.51. The van der Waals surface area contributed by atoms with Crippen LogP contribution in [-0.4, -0.2) is 44.5 Å². The van der Waals surface area contributed by atoms with Gasteiger partial charge in [0.15, 0.2) is 11.5 Å². The van der Waals surface area contributed by atoms with E-state index in [9.17, 15) is 4.79 Å². The number of benzene rings is 1. The number of Topliss-reactive ketones (excluding diaryl/α,β-unsaturated/α-hetero) is 1. The number of likely N-dealkylation sites (N-methyl/N-ethyl adjacent to an activating group) is 1. The lowest BCUT2D eigenvalue weighted by atomic mass is 9.52. The molecule has 0 aromatic heterocycles. The molecule has 0 spiro atoms. The number of nitrogens with zero attached hydrogens (tertiary/aromatic N) is 1. The van der Waals surface area contributed by atoms with Gasteiger partial charge in [-0.25, -0.2) is 0 Å². The molecule has 1 unspecified atom stereocenters.